The first kappa shape index (κ1) is 20.8. The minimum Gasteiger partial charge on any atom is -0.370 e. The molecule has 1 aromatic carbocycles. The molecule has 3 rings (SSSR count). The first-order valence-electron chi connectivity index (χ1n) is 10.1. The molecule has 0 aliphatic carbocycles. The number of benzene rings is 1. The van der Waals surface area contributed by atoms with Gasteiger partial charge in [-0.25, -0.2) is 4.79 Å². The lowest BCUT2D eigenvalue weighted by molar-refractivity contribution is -0.145. The van der Waals surface area contributed by atoms with Gasteiger partial charge < -0.3 is 15.1 Å². The van der Waals surface area contributed by atoms with Crippen LogP contribution in [0.2, 0.25) is 0 Å². The summed E-state index contributed by atoms with van der Waals surface area (Å²) in [4.78, 5) is 18.1. The molecule has 0 saturated carbocycles. The molecule has 0 bridgehead atoms. The summed E-state index contributed by atoms with van der Waals surface area (Å²) >= 11 is 0. The third-order valence-corrected chi connectivity index (χ3v) is 5.37. The van der Waals surface area contributed by atoms with Crippen molar-refractivity contribution in [3.8, 4) is 0 Å². The summed E-state index contributed by atoms with van der Waals surface area (Å²) in [5, 5.41) is 2.99. The molecule has 2 amide bonds. The normalized spacial score (nSPS) is 19.8. The van der Waals surface area contributed by atoms with Crippen LogP contribution in [0.25, 0.3) is 0 Å². The summed E-state index contributed by atoms with van der Waals surface area (Å²) in [6.45, 7) is 2.39. The van der Waals surface area contributed by atoms with Gasteiger partial charge in [0.2, 0.25) is 0 Å². The Kier molecular flexibility index (Phi) is 7.04. The molecule has 1 aromatic rings. The number of hydrogen-bond acceptors (Lipinski definition) is 3. The van der Waals surface area contributed by atoms with Gasteiger partial charge in [-0.1, -0.05) is 25.0 Å². The average molecular weight is 398 g/mol. The maximum Gasteiger partial charge on any atom is 0.401 e. The van der Waals surface area contributed by atoms with Gasteiger partial charge in [-0.3, -0.25) is 4.90 Å². The third kappa shape index (κ3) is 6.02. The lowest BCUT2D eigenvalue weighted by atomic mass is 10.2. The lowest BCUT2D eigenvalue weighted by Crippen LogP contribution is -2.40. The summed E-state index contributed by atoms with van der Waals surface area (Å²) in [6, 6.07) is 7.54. The van der Waals surface area contributed by atoms with Crippen LogP contribution in [0.15, 0.2) is 24.3 Å². The summed E-state index contributed by atoms with van der Waals surface area (Å²) in [5.74, 6) is 0. The molecule has 2 saturated heterocycles. The SMILES string of the molecule is O=C(Nc1ccccc1N1CCCCCC1)N1CCCN(CC(F)(F)F)CC1. The average Bonchev–Trinajstić information content (AvgIpc) is 3.04. The van der Waals surface area contributed by atoms with Crippen LogP contribution in [0.1, 0.15) is 32.1 Å². The van der Waals surface area contributed by atoms with Crippen LogP contribution >= 0.6 is 0 Å². The number of urea groups is 1. The fraction of sp³-hybridized carbons (Fsp3) is 0.650. The number of halogens is 3. The topological polar surface area (TPSA) is 38.8 Å². The highest BCUT2D eigenvalue weighted by atomic mass is 19.4. The molecule has 156 valence electrons. The van der Waals surface area contributed by atoms with E-state index in [1.165, 1.54) is 17.7 Å². The molecule has 2 aliphatic heterocycles. The largest absolute Gasteiger partial charge is 0.401 e. The molecule has 1 N–H and O–H groups in total. The first-order valence-corrected chi connectivity index (χ1v) is 10.1. The van der Waals surface area contributed by atoms with Crippen molar-refractivity contribution in [3.63, 3.8) is 0 Å². The maximum absolute atomic E-state index is 12.8. The van der Waals surface area contributed by atoms with E-state index < -0.39 is 12.7 Å². The monoisotopic (exact) mass is 398 g/mol. The molecule has 8 heteroatoms. The first-order chi connectivity index (χ1) is 13.4. The number of hydrogen-bond donors (Lipinski definition) is 1. The minimum absolute atomic E-state index is 0.237. The summed E-state index contributed by atoms with van der Waals surface area (Å²) in [5.41, 5.74) is 1.79. The van der Waals surface area contributed by atoms with Gasteiger partial charge in [0.25, 0.3) is 0 Å². The van der Waals surface area contributed by atoms with Crippen LogP contribution in [-0.4, -0.2) is 67.8 Å². The number of nitrogens with zero attached hydrogens (tertiary/aromatic N) is 3. The van der Waals surface area contributed by atoms with Gasteiger partial charge in [0.05, 0.1) is 17.9 Å². The van der Waals surface area contributed by atoms with Crippen LogP contribution < -0.4 is 10.2 Å². The van der Waals surface area contributed by atoms with Gasteiger partial charge in [0.1, 0.15) is 0 Å². The van der Waals surface area contributed by atoms with E-state index in [4.69, 9.17) is 0 Å². The molecule has 0 radical (unpaired) electrons. The van der Waals surface area contributed by atoms with Crippen LogP contribution in [0, 0.1) is 0 Å². The summed E-state index contributed by atoms with van der Waals surface area (Å²) < 4.78 is 37.9. The zero-order chi connectivity index (χ0) is 20.0. The predicted molar refractivity (Wildman–Crippen MR) is 105 cm³/mol. The zero-order valence-corrected chi connectivity index (χ0v) is 16.2. The van der Waals surface area contributed by atoms with Gasteiger partial charge in [0.15, 0.2) is 0 Å². The Hall–Kier alpha value is -1.96. The van der Waals surface area contributed by atoms with E-state index in [0.29, 0.717) is 26.1 Å². The van der Waals surface area contributed by atoms with E-state index in [0.717, 1.165) is 37.3 Å². The Labute approximate surface area is 164 Å². The Balaban J connectivity index is 1.62. The molecule has 0 spiro atoms. The molecule has 28 heavy (non-hydrogen) atoms. The fourth-order valence-corrected chi connectivity index (χ4v) is 3.95. The third-order valence-electron chi connectivity index (χ3n) is 5.37. The number of carbonyl (C=O) groups is 1. The Morgan fingerprint density at radius 2 is 1.61 bits per heavy atom. The highest BCUT2D eigenvalue weighted by Crippen LogP contribution is 2.28. The Morgan fingerprint density at radius 1 is 0.893 bits per heavy atom. The smallest absolute Gasteiger partial charge is 0.370 e. The van der Waals surface area contributed by atoms with Crippen LogP contribution in [0.4, 0.5) is 29.3 Å². The zero-order valence-electron chi connectivity index (χ0n) is 16.2. The number of carbonyl (C=O) groups excluding carboxylic acids is 1. The Bertz CT molecular complexity index is 645. The Morgan fingerprint density at radius 3 is 2.32 bits per heavy atom. The number of amides is 2. The van der Waals surface area contributed by atoms with E-state index >= 15 is 0 Å². The number of alkyl halides is 3. The van der Waals surface area contributed by atoms with E-state index in [9.17, 15) is 18.0 Å². The molecule has 0 aromatic heterocycles. The predicted octanol–water partition coefficient (Wildman–Crippen LogP) is 4.17. The van der Waals surface area contributed by atoms with E-state index in [1.54, 1.807) is 4.90 Å². The van der Waals surface area contributed by atoms with Crippen molar-refractivity contribution in [2.24, 2.45) is 0 Å². The molecule has 0 unspecified atom stereocenters. The standard InChI is InChI=1S/C20H29F3N4O/c21-20(22,23)16-25-10-7-13-27(15-14-25)19(28)24-17-8-3-4-9-18(17)26-11-5-1-2-6-12-26/h3-4,8-9H,1-2,5-7,10-16H2,(H,24,28). The lowest BCUT2D eigenvalue weighted by Gasteiger charge is -2.27. The van der Waals surface area contributed by atoms with Crippen molar-refractivity contribution in [3.05, 3.63) is 24.3 Å². The van der Waals surface area contributed by atoms with Crippen molar-refractivity contribution in [1.29, 1.82) is 0 Å². The number of rotatable bonds is 3. The molecule has 2 heterocycles. The highest BCUT2D eigenvalue weighted by molar-refractivity contribution is 5.93. The molecule has 5 nitrogen and oxygen atoms in total. The molecular weight excluding hydrogens is 369 g/mol. The van der Waals surface area contributed by atoms with Crippen LogP contribution in [-0.2, 0) is 0 Å². The second-order valence-corrected chi connectivity index (χ2v) is 7.58. The number of para-hydroxylation sites is 2. The minimum atomic E-state index is -4.20. The van der Waals surface area contributed by atoms with Crippen molar-refractivity contribution in [1.82, 2.24) is 9.80 Å². The van der Waals surface area contributed by atoms with Crippen molar-refractivity contribution >= 4 is 17.4 Å². The molecule has 2 fully saturated rings. The number of nitrogens with one attached hydrogen (secondary N) is 1. The van der Waals surface area contributed by atoms with Gasteiger partial charge in [0, 0.05) is 39.3 Å². The van der Waals surface area contributed by atoms with Crippen LogP contribution in [0.5, 0.6) is 0 Å². The van der Waals surface area contributed by atoms with Gasteiger partial charge in [-0.15, -0.1) is 0 Å². The number of anilines is 2. The van der Waals surface area contributed by atoms with E-state index in [-0.39, 0.29) is 12.6 Å². The quantitative estimate of drug-likeness (QED) is 0.831. The van der Waals surface area contributed by atoms with Gasteiger partial charge in [-0.2, -0.15) is 13.2 Å². The summed E-state index contributed by atoms with van der Waals surface area (Å²) in [6.07, 6.45) is 1.08. The maximum atomic E-state index is 12.8. The molecule has 2 aliphatic rings. The summed E-state index contributed by atoms with van der Waals surface area (Å²) in [7, 11) is 0. The van der Waals surface area contributed by atoms with Crippen LogP contribution in [0.3, 0.4) is 0 Å². The highest BCUT2D eigenvalue weighted by Gasteiger charge is 2.32. The second-order valence-electron chi connectivity index (χ2n) is 7.58. The van der Waals surface area contributed by atoms with E-state index in [1.807, 2.05) is 24.3 Å². The molecular formula is C20H29F3N4O. The van der Waals surface area contributed by atoms with Gasteiger partial charge in [-0.05, 0) is 31.4 Å². The second kappa shape index (κ2) is 9.49. The molecule has 0 atom stereocenters. The van der Waals surface area contributed by atoms with E-state index in [2.05, 4.69) is 10.2 Å². The van der Waals surface area contributed by atoms with Crippen molar-refractivity contribution in [2.75, 3.05) is 56.0 Å². The fourth-order valence-electron chi connectivity index (χ4n) is 3.95. The van der Waals surface area contributed by atoms with Crippen molar-refractivity contribution in [2.45, 2.75) is 38.3 Å². The van der Waals surface area contributed by atoms with Crippen molar-refractivity contribution < 1.29 is 18.0 Å². The van der Waals surface area contributed by atoms with Gasteiger partial charge >= 0.3 is 12.2 Å².